The van der Waals surface area contributed by atoms with Crippen LogP contribution >= 0.6 is 0 Å². The first kappa shape index (κ1) is 23.5. The lowest BCUT2D eigenvalue weighted by atomic mass is 9.98. The van der Waals surface area contributed by atoms with E-state index in [2.05, 4.69) is 22.4 Å². The second-order valence-corrected chi connectivity index (χ2v) is 7.69. The molecule has 1 saturated carbocycles. The number of carbonyl (C=O) groups excluding carboxylic acids is 1. The van der Waals surface area contributed by atoms with Crippen LogP contribution in [0.5, 0.6) is 0 Å². The van der Waals surface area contributed by atoms with Crippen LogP contribution in [0.25, 0.3) is 11.1 Å². The zero-order chi connectivity index (χ0) is 21.9. The lowest BCUT2D eigenvalue weighted by molar-refractivity contribution is -0.105. The normalized spacial score (nSPS) is 15.9. The van der Waals surface area contributed by atoms with Crippen LogP contribution in [-0.4, -0.2) is 29.3 Å². The molecule has 2 aliphatic rings. The van der Waals surface area contributed by atoms with Crippen LogP contribution in [0.1, 0.15) is 56.4 Å². The van der Waals surface area contributed by atoms with E-state index in [1.54, 1.807) is 12.1 Å². The van der Waals surface area contributed by atoms with E-state index in [0.717, 1.165) is 42.0 Å². The van der Waals surface area contributed by atoms with Gasteiger partial charge in [-0.05, 0) is 57.2 Å². The standard InChI is InChI=1S/C12H13N3O2.C6H12O.C5H9N/c1-7-12(8(2)17-15-7)9-3-4-10(13)11(5-9)14-6-16;7-6-4-2-1-3-5-6;1-5-3-2-4-6-5/h3-6H,13H2,1-2H3,(H,14,16);6-7H,1-5H2;6H,1-4H2. The number of nitrogen functional groups attached to an aromatic ring is 1. The number of nitrogens with one attached hydrogen (secondary N) is 2. The van der Waals surface area contributed by atoms with Crippen LogP contribution in [0, 0.1) is 13.8 Å². The number of rotatable bonds is 3. The predicted molar refractivity (Wildman–Crippen MR) is 121 cm³/mol. The highest BCUT2D eigenvalue weighted by molar-refractivity contribution is 5.84. The number of amides is 1. The maximum absolute atomic E-state index is 10.5. The number of nitrogens with zero attached hydrogens (tertiary/aromatic N) is 1. The largest absolute Gasteiger partial charge is 0.397 e. The Morgan fingerprint density at radius 2 is 2.00 bits per heavy atom. The molecular weight excluding hydrogens is 380 g/mol. The molecule has 1 aliphatic carbocycles. The first-order valence-electron chi connectivity index (χ1n) is 10.5. The van der Waals surface area contributed by atoms with Crippen molar-refractivity contribution in [2.24, 2.45) is 0 Å². The van der Waals surface area contributed by atoms with Crippen molar-refractivity contribution in [2.75, 3.05) is 17.6 Å². The van der Waals surface area contributed by atoms with Crippen molar-refractivity contribution < 1.29 is 14.4 Å². The van der Waals surface area contributed by atoms with E-state index in [1.165, 1.54) is 37.8 Å². The Morgan fingerprint density at radius 1 is 1.27 bits per heavy atom. The Balaban J connectivity index is 0.000000200. The molecule has 0 atom stereocenters. The molecule has 1 aromatic carbocycles. The summed E-state index contributed by atoms with van der Waals surface area (Å²) in [6.45, 7) is 8.60. The van der Waals surface area contributed by atoms with Crippen molar-refractivity contribution in [2.45, 2.75) is 64.9 Å². The number of carbonyl (C=O) groups is 1. The Kier molecular flexibility index (Phi) is 9.41. The van der Waals surface area contributed by atoms with Crippen LogP contribution in [0.4, 0.5) is 11.4 Å². The molecule has 4 rings (SSSR count). The number of aryl methyl sites for hydroxylation is 2. The number of allylic oxidation sites excluding steroid dienone is 1. The monoisotopic (exact) mass is 414 g/mol. The number of benzene rings is 1. The van der Waals surface area contributed by atoms with Crippen molar-refractivity contribution in [1.29, 1.82) is 0 Å². The molecule has 164 valence electrons. The molecule has 1 amide bonds. The van der Waals surface area contributed by atoms with Crippen LogP contribution < -0.4 is 16.4 Å². The third kappa shape index (κ3) is 7.22. The van der Waals surface area contributed by atoms with Gasteiger partial charge in [-0.3, -0.25) is 4.79 Å². The number of aliphatic hydroxyl groups excluding tert-OH is 1. The fourth-order valence-electron chi connectivity index (χ4n) is 3.53. The second-order valence-electron chi connectivity index (χ2n) is 7.69. The Labute approximate surface area is 178 Å². The molecule has 7 heteroatoms. The maximum atomic E-state index is 10.5. The minimum atomic E-state index is 0.0359. The van der Waals surface area contributed by atoms with E-state index in [4.69, 9.17) is 15.4 Å². The first-order chi connectivity index (χ1) is 14.4. The van der Waals surface area contributed by atoms with Gasteiger partial charge in [0.05, 0.1) is 23.2 Å². The number of aromatic nitrogens is 1. The molecule has 1 aromatic heterocycles. The van der Waals surface area contributed by atoms with Crippen molar-refractivity contribution in [3.8, 4) is 11.1 Å². The fraction of sp³-hybridized carbons (Fsp3) is 0.478. The van der Waals surface area contributed by atoms with Crippen LogP contribution in [0.15, 0.2) is 35.0 Å². The van der Waals surface area contributed by atoms with E-state index in [-0.39, 0.29) is 6.10 Å². The maximum Gasteiger partial charge on any atom is 0.211 e. The zero-order valence-corrected chi connectivity index (χ0v) is 18.0. The zero-order valence-electron chi connectivity index (χ0n) is 18.0. The van der Waals surface area contributed by atoms with Crippen LogP contribution in [-0.2, 0) is 4.79 Å². The van der Waals surface area contributed by atoms with Gasteiger partial charge in [0.1, 0.15) is 5.76 Å². The van der Waals surface area contributed by atoms with E-state index >= 15 is 0 Å². The predicted octanol–water partition coefficient (Wildman–Crippen LogP) is 4.30. The Morgan fingerprint density at radius 3 is 2.43 bits per heavy atom. The molecule has 0 bridgehead atoms. The summed E-state index contributed by atoms with van der Waals surface area (Å²) in [5, 5.41) is 18.5. The number of hydrogen-bond acceptors (Lipinski definition) is 6. The molecule has 30 heavy (non-hydrogen) atoms. The second kappa shape index (κ2) is 12.0. The molecule has 2 heterocycles. The minimum Gasteiger partial charge on any atom is -0.397 e. The summed E-state index contributed by atoms with van der Waals surface area (Å²) in [5.41, 5.74) is 10.7. The summed E-state index contributed by atoms with van der Waals surface area (Å²) in [6.07, 6.45) is 8.98. The van der Waals surface area contributed by atoms with Gasteiger partial charge in [-0.25, -0.2) is 0 Å². The lowest BCUT2D eigenvalue weighted by Gasteiger charge is -2.14. The quantitative estimate of drug-likeness (QED) is 0.440. The fourth-order valence-corrected chi connectivity index (χ4v) is 3.53. The number of hydrogen-bond donors (Lipinski definition) is 4. The van der Waals surface area contributed by atoms with Crippen molar-refractivity contribution in [1.82, 2.24) is 10.5 Å². The van der Waals surface area contributed by atoms with Gasteiger partial charge >= 0.3 is 0 Å². The highest BCUT2D eigenvalue weighted by atomic mass is 16.5. The van der Waals surface area contributed by atoms with Gasteiger partial charge in [-0.15, -0.1) is 0 Å². The third-order valence-electron chi connectivity index (χ3n) is 5.19. The summed E-state index contributed by atoms with van der Waals surface area (Å²) in [4.78, 5) is 10.5. The van der Waals surface area contributed by atoms with Gasteiger partial charge in [-0.2, -0.15) is 0 Å². The van der Waals surface area contributed by atoms with Crippen LogP contribution in [0.2, 0.25) is 0 Å². The number of anilines is 2. The van der Waals surface area contributed by atoms with Gasteiger partial charge in [0.15, 0.2) is 0 Å². The van der Waals surface area contributed by atoms with Gasteiger partial charge in [0.2, 0.25) is 6.41 Å². The Hall–Kier alpha value is -2.80. The van der Waals surface area contributed by atoms with E-state index in [0.29, 0.717) is 17.8 Å². The summed E-state index contributed by atoms with van der Waals surface area (Å²) in [6, 6.07) is 5.42. The van der Waals surface area contributed by atoms with Gasteiger partial charge in [0.25, 0.3) is 0 Å². The van der Waals surface area contributed by atoms with Gasteiger partial charge in [-0.1, -0.05) is 37.1 Å². The van der Waals surface area contributed by atoms with Crippen molar-refractivity contribution in [3.63, 3.8) is 0 Å². The van der Waals surface area contributed by atoms with Crippen molar-refractivity contribution >= 4 is 17.8 Å². The third-order valence-corrected chi connectivity index (χ3v) is 5.19. The molecule has 5 N–H and O–H groups in total. The average Bonchev–Trinajstić information content (AvgIpc) is 3.34. The van der Waals surface area contributed by atoms with E-state index in [9.17, 15) is 4.79 Å². The van der Waals surface area contributed by atoms with Gasteiger partial charge < -0.3 is 26.0 Å². The molecule has 2 aromatic rings. The molecule has 1 aliphatic heterocycles. The smallest absolute Gasteiger partial charge is 0.211 e. The van der Waals surface area contributed by atoms with E-state index in [1.807, 2.05) is 19.9 Å². The summed E-state index contributed by atoms with van der Waals surface area (Å²) in [5.74, 6) is 0.740. The summed E-state index contributed by atoms with van der Waals surface area (Å²) >= 11 is 0. The summed E-state index contributed by atoms with van der Waals surface area (Å²) in [7, 11) is 0. The summed E-state index contributed by atoms with van der Waals surface area (Å²) < 4.78 is 5.11. The first-order valence-corrected chi connectivity index (χ1v) is 10.5. The average molecular weight is 415 g/mol. The lowest BCUT2D eigenvalue weighted by Crippen LogP contribution is -2.09. The van der Waals surface area contributed by atoms with E-state index < -0.39 is 0 Å². The SMILES string of the molecule is C=C1CCCN1.Cc1noc(C)c1-c1ccc(N)c(NC=O)c1.OC1CCCCC1. The number of nitrogens with two attached hydrogens (primary N) is 1. The molecule has 1 saturated heterocycles. The highest BCUT2D eigenvalue weighted by Crippen LogP contribution is 2.31. The molecule has 0 unspecified atom stereocenters. The molecule has 0 radical (unpaired) electrons. The molecular formula is C23H34N4O3. The number of aliphatic hydroxyl groups is 1. The molecule has 0 spiro atoms. The minimum absolute atomic E-state index is 0.0359. The van der Waals surface area contributed by atoms with Gasteiger partial charge in [0, 0.05) is 17.8 Å². The molecule has 7 nitrogen and oxygen atoms in total. The van der Waals surface area contributed by atoms with Crippen molar-refractivity contribution in [3.05, 3.63) is 41.9 Å². The van der Waals surface area contributed by atoms with Crippen LogP contribution in [0.3, 0.4) is 0 Å². The highest BCUT2D eigenvalue weighted by Gasteiger charge is 2.12. The topological polar surface area (TPSA) is 113 Å². The Bertz CT molecular complexity index is 798. The molecule has 2 fully saturated rings.